The summed E-state index contributed by atoms with van der Waals surface area (Å²) in [7, 11) is 0. The first kappa shape index (κ1) is 17.4. The molecule has 1 N–H and O–H groups in total. The molecule has 130 valence electrons. The number of aryl methyl sites for hydroxylation is 3. The maximum absolute atomic E-state index is 11.1. The number of hydrogen-bond donors (Lipinski definition) is 1. The van der Waals surface area contributed by atoms with Crippen molar-refractivity contribution >= 4 is 17.3 Å². The highest BCUT2D eigenvalue weighted by Crippen LogP contribution is 2.20. The van der Waals surface area contributed by atoms with Crippen molar-refractivity contribution < 1.29 is 9.90 Å². The topological polar surface area (TPSA) is 68.0 Å². The van der Waals surface area contributed by atoms with Gasteiger partial charge in [-0.25, -0.2) is 14.5 Å². The van der Waals surface area contributed by atoms with Crippen LogP contribution in [0.3, 0.4) is 0 Å². The lowest BCUT2D eigenvalue weighted by molar-refractivity contribution is 0.0696. The quantitative estimate of drug-likeness (QED) is 0.645. The van der Waals surface area contributed by atoms with Gasteiger partial charge < -0.3 is 5.11 Å². The lowest BCUT2D eigenvalue weighted by atomic mass is 10.0. The van der Waals surface area contributed by atoms with Crippen LogP contribution in [-0.4, -0.2) is 25.8 Å². The van der Waals surface area contributed by atoms with Crippen LogP contribution >= 0.6 is 11.3 Å². The lowest BCUT2D eigenvalue weighted by Crippen LogP contribution is -2.02. The number of carbonyl (C=O) groups is 1. The maximum Gasteiger partial charge on any atom is 0.339 e. The first-order valence-corrected chi connectivity index (χ1v) is 9.21. The molecule has 0 fully saturated rings. The molecule has 0 atom stereocenters. The van der Waals surface area contributed by atoms with Gasteiger partial charge in [-0.3, -0.25) is 0 Å². The molecule has 0 saturated heterocycles. The second kappa shape index (κ2) is 7.61. The molecule has 0 unspecified atom stereocenters. The number of aromatic carboxylic acids is 1. The summed E-state index contributed by atoms with van der Waals surface area (Å²) in [5.41, 5.74) is 4.54. The zero-order chi connectivity index (χ0) is 17.8. The van der Waals surface area contributed by atoms with Gasteiger partial charge in [0.05, 0.1) is 17.6 Å². The van der Waals surface area contributed by atoms with Crippen LogP contribution in [-0.2, 0) is 12.8 Å². The van der Waals surface area contributed by atoms with Crippen molar-refractivity contribution in [2.75, 3.05) is 0 Å². The summed E-state index contributed by atoms with van der Waals surface area (Å²) >= 11 is 1.49. The number of rotatable bonds is 7. The zero-order valence-corrected chi connectivity index (χ0v) is 15.2. The summed E-state index contributed by atoms with van der Waals surface area (Å²) in [6.45, 7) is 3.87. The summed E-state index contributed by atoms with van der Waals surface area (Å²) in [6.07, 6.45) is 5.59. The van der Waals surface area contributed by atoms with Crippen molar-refractivity contribution in [2.24, 2.45) is 0 Å². The molecule has 0 aliphatic carbocycles. The Morgan fingerprint density at radius 3 is 2.76 bits per heavy atom. The van der Waals surface area contributed by atoms with Crippen molar-refractivity contribution in [1.29, 1.82) is 0 Å². The Bertz CT molecular complexity index is 882. The Morgan fingerprint density at radius 2 is 2.04 bits per heavy atom. The maximum atomic E-state index is 11.1. The molecule has 6 heteroatoms. The van der Waals surface area contributed by atoms with Gasteiger partial charge in [0.2, 0.25) is 5.13 Å². The summed E-state index contributed by atoms with van der Waals surface area (Å²) in [5, 5.41) is 16.0. The van der Waals surface area contributed by atoms with Gasteiger partial charge in [0.15, 0.2) is 0 Å². The molecule has 0 spiro atoms. The van der Waals surface area contributed by atoms with E-state index in [-0.39, 0.29) is 5.56 Å². The summed E-state index contributed by atoms with van der Waals surface area (Å²) in [5.74, 6) is -0.961. The van der Waals surface area contributed by atoms with E-state index in [0.29, 0.717) is 5.69 Å². The molecule has 0 bridgehead atoms. The first-order valence-electron chi connectivity index (χ1n) is 8.33. The predicted molar refractivity (Wildman–Crippen MR) is 98.8 cm³/mol. The van der Waals surface area contributed by atoms with Gasteiger partial charge in [0.25, 0.3) is 0 Å². The van der Waals surface area contributed by atoms with Crippen molar-refractivity contribution in [3.8, 4) is 5.13 Å². The van der Waals surface area contributed by atoms with E-state index < -0.39 is 5.97 Å². The first-order chi connectivity index (χ1) is 12.0. The normalized spacial score (nSPS) is 11.0. The Kier molecular flexibility index (Phi) is 5.28. The van der Waals surface area contributed by atoms with E-state index in [0.717, 1.165) is 36.5 Å². The number of unbranched alkanes of at least 4 members (excludes halogenated alkanes) is 1. The molecule has 0 radical (unpaired) electrons. The van der Waals surface area contributed by atoms with Crippen LogP contribution in [0.25, 0.3) is 5.13 Å². The smallest absolute Gasteiger partial charge is 0.339 e. The number of carboxylic acid groups (broad SMARTS) is 1. The van der Waals surface area contributed by atoms with Gasteiger partial charge in [-0.1, -0.05) is 29.8 Å². The summed E-state index contributed by atoms with van der Waals surface area (Å²) in [4.78, 5) is 15.7. The Hall–Kier alpha value is -2.47. The Morgan fingerprint density at radius 1 is 1.24 bits per heavy atom. The number of nitrogens with zero attached hydrogens (tertiary/aromatic N) is 3. The van der Waals surface area contributed by atoms with E-state index in [1.807, 2.05) is 5.38 Å². The molecular weight excluding hydrogens is 334 g/mol. The molecule has 3 rings (SSSR count). The molecule has 25 heavy (non-hydrogen) atoms. The minimum atomic E-state index is -0.961. The highest BCUT2D eigenvalue weighted by molar-refractivity contribution is 7.12. The molecule has 2 aromatic heterocycles. The Balaban J connectivity index is 1.56. The molecule has 0 saturated carbocycles. The number of hydrogen-bond acceptors (Lipinski definition) is 4. The minimum absolute atomic E-state index is 0.218. The van der Waals surface area contributed by atoms with Gasteiger partial charge in [-0.05, 0) is 45.1 Å². The number of carboxylic acids is 1. The molecule has 5 nitrogen and oxygen atoms in total. The SMILES string of the molecule is Cc1cccc(CCCCc2csc(-n3ncc(C(=O)O)c3C)n2)c1. The molecule has 0 aliphatic heterocycles. The van der Waals surface area contributed by atoms with E-state index in [1.165, 1.54) is 28.7 Å². The second-order valence-electron chi connectivity index (χ2n) is 6.18. The number of thiazole rings is 1. The largest absolute Gasteiger partial charge is 0.478 e. The average molecular weight is 355 g/mol. The van der Waals surface area contributed by atoms with Crippen LogP contribution in [0.2, 0.25) is 0 Å². The van der Waals surface area contributed by atoms with Crippen LogP contribution in [0.4, 0.5) is 0 Å². The Labute approximate surface area is 151 Å². The highest BCUT2D eigenvalue weighted by Gasteiger charge is 2.15. The third-order valence-electron chi connectivity index (χ3n) is 4.19. The lowest BCUT2D eigenvalue weighted by Gasteiger charge is -2.02. The zero-order valence-electron chi connectivity index (χ0n) is 14.4. The van der Waals surface area contributed by atoms with Crippen molar-refractivity contribution in [3.63, 3.8) is 0 Å². The van der Waals surface area contributed by atoms with Gasteiger partial charge in [-0.15, -0.1) is 11.3 Å². The van der Waals surface area contributed by atoms with Gasteiger partial charge >= 0.3 is 5.97 Å². The van der Waals surface area contributed by atoms with E-state index >= 15 is 0 Å². The molecular formula is C19H21N3O2S. The van der Waals surface area contributed by atoms with Gasteiger partial charge in [0, 0.05) is 5.38 Å². The van der Waals surface area contributed by atoms with Crippen LogP contribution in [0.5, 0.6) is 0 Å². The standard InChI is InChI=1S/C19H21N3O2S/c1-13-6-5-8-15(10-13)7-3-4-9-16-12-25-19(21-16)22-14(2)17(11-20-22)18(23)24/h5-6,8,10-12H,3-4,7,9H2,1-2H3,(H,23,24). The van der Waals surface area contributed by atoms with Crippen LogP contribution < -0.4 is 0 Å². The minimum Gasteiger partial charge on any atom is -0.478 e. The van der Waals surface area contributed by atoms with Gasteiger partial charge in [-0.2, -0.15) is 5.10 Å². The van der Waals surface area contributed by atoms with E-state index in [2.05, 4.69) is 41.3 Å². The monoisotopic (exact) mass is 355 g/mol. The van der Waals surface area contributed by atoms with Crippen LogP contribution in [0.1, 0.15) is 45.7 Å². The molecule has 2 heterocycles. The second-order valence-corrected chi connectivity index (χ2v) is 7.01. The van der Waals surface area contributed by atoms with E-state index in [4.69, 9.17) is 5.11 Å². The molecule has 0 aliphatic rings. The molecule has 0 amide bonds. The van der Waals surface area contributed by atoms with Gasteiger partial charge in [0.1, 0.15) is 5.56 Å². The summed E-state index contributed by atoms with van der Waals surface area (Å²) in [6, 6.07) is 8.64. The predicted octanol–water partition coefficient (Wildman–Crippen LogP) is 4.21. The van der Waals surface area contributed by atoms with Crippen molar-refractivity contribution in [1.82, 2.24) is 14.8 Å². The number of benzene rings is 1. The fourth-order valence-corrected chi connectivity index (χ4v) is 3.69. The number of aromatic nitrogens is 3. The van der Waals surface area contributed by atoms with Crippen LogP contribution in [0.15, 0.2) is 35.8 Å². The average Bonchev–Trinajstić information content (AvgIpc) is 3.18. The van der Waals surface area contributed by atoms with Crippen molar-refractivity contribution in [3.05, 3.63) is 63.9 Å². The molecule has 1 aromatic carbocycles. The van der Waals surface area contributed by atoms with E-state index in [1.54, 1.807) is 11.6 Å². The van der Waals surface area contributed by atoms with E-state index in [9.17, 15) is 4.79 Å². The third kappa shape index (κ3) is 4.14. The summed E-state index contributed by atoms with van der Waals surface area (Å²) < 4.78 is 1.60. The fraction of sp³-hybridized carbons (Fsp3) is 0.316. The van der Waals surface area contributed by atoms with Crippen molar-refractivity contribution in [2.45, 2.75) is 39.5 Å². The molecule has 3 aromatic rings. The fourth-order valence-electron chi connectivity index (χ4n) is 2.82. The highest BCUT2D eigenvalue weighted by atomic mass is 32.1. The third-order valence-corrected chi connectivity index (χ3v) is 5.06. The van der Waals surface area contributed by atoms with Crippen LogP contribution in [0, 0.1) is 13.8 Å².